The molecule has 0 fully saturated rings. The fourth-order valence-corrected chi connectivity index (χ4v) is 3.34. The lowest BCUT2D eigenvalue weighted by atomic mass is 10.0. The van der Waals surface area contributed by atoms with Gasteiger partial charge in [-0.25, -0.2) is 14.4 Å². The maximum absolute atomic E-state index is 14.3. The number of pyridine rings is 1. The molecule has 0 radical (unpaired) electrons. The van der Waals surface area contributed by atoms with Gasteiger partial charge in [0.15, 0.2) is 11.6 Å². The molecule has 0 atom stereocenters. The Bertz CT molecular complexity index is 1010. The predicted octanol–water partition coefficient (Wildman–Crippen LogP) is 3.69. The highest BCUT2D eigenvalue weighted by Gasteiger charge is 2.19. The molecule has 0 saturated carbocycles. The molecule has 4 rings (SSSR count). The molecule has 0 aliphatic rings. The van der Waals surface area contributed by atoms with Crippen LogP contribution in [0.3, 0.4) is 0 Å². The van der Waals surface area contributed by atoms with Crippen molar-refractivity contribution in [1.82, 2.24) is 20.2 Å². The number of aromatic nitrogens is 4. The molecule has 1 aromatic carbocycles. The summed E-state index contributed by atoms with van der Waals surface area (Å²) < 4.78 is 19.5. The van der Waals surface area contributed by atoms with Crippen LogP contribution in [0.4, 0.5) is 4.39 Å². The van der Waals surface area contributed by atoms with Gasteiger partial charge >= 0.3 is 0 Å². The van der Waals surface area contributed by atoms with Gasteiger partial charge in [0.2, 0.25) is 0 Å². The number of H-pyrrole nitrogens is 1. The van der Waals surface area contributed by atoms with E-state index >= 15 is 0 Å². The Balaban J connectivity index is 2.07. The van der Waals surface area contributed by atoms with Crippen molar-refractivity contribution in [3.63, 3.8) is 0 Å². The second kappa shape index (κ2) is 4.74. The summed E-state index contributed by atoms with van der Waals surface area (Å²) in [6.07, 6.45) is 1.65. The van der Waals surface area contributed by atoms with Gasteiger partial charge in [0.25, 0.3) is 0 Å². The van der Waals surface area contributed by atoms with Crippen LogP contribution >= 0.6 is 11.3 Å². The molecular weight excluding hydrogens is 303 g/mol. The van der Waals surface area contributed by atoms with E-state index in [0.29, 0.717) is 16.8 Å². The van der Waals surface area contributed by atoms with E-state index in [2.05, 4.69) is 20.2 Å². The number of nitrogens with one attached hydrogen (secondary N) is 1. The first-order valence-electron chi connectivity index (χ1n) is 6.61. The van der Waals surface area contributed by atoms with Gasteiger partial charge in [-0.15, -0.1) is 0 Å². The fourth-order valence-electron chi connectivity index (χ4n) is 2.56. The predicted molar refractivity (Wildman–Crippen MR) is 83.7 cm³/mol. The highest BCUT2D eigenvalue weighted by molar-refractivity contribution is 7.18. The molecule has 0 aliphatic carbocycles. The third kappa shape index (κ3) is 1.86. The van der Waals surface area contributed by atoms with Gasteiger partial charge < -0.3 is 4.74 Å². The van der Waals surface area contributed by atoms with Crippen LogP contribution in [0.25, 0.3) is 32.5 Å². The number of benzene rings is 1. The monoisotopic (exact) mass is 314 g/mol. The Morgan fingerprint density at radius 3 is 2.95 bits per heavy atom. The first-order valence-corrected chi connectivity index (χ1v) is 7.43. The van der Waals surface area contributed by atoms with E-state index < -0.39 is 5.82 Å². The van der Waals surface area contributed by atoms with Crippen molar-refractivity contribution in [2.45, 2.75) is 6.92 Å². The van der Waals surface area contributed by atoms with E-state index in [-0.39, 0.29) is 5.75 Å². The Morgan fingerprint density at radius 1 is 1.27 bits per heavy atom. The van der Waals surface area contributed by atoms with Crippen LogP contribution < -0.4 is 4.74 Å². The Hall–Kier alpha value is -2.54. The summed E-state index contributed by atoms with van der Waals surface area (Å²) in [5.41, 5.74) is 2.68. The molecule has 0 saturated heterocycles. The molecule has 1 N–H and O–H groups in total. The Kier molecular flexibility index (Phi) is 2.83. The number of thiazole rings is 1. The van der Waals surface area contributed by atoms with E-state index in [1.807, 2.05) is 19.1 Å². The van der Waals surface area contributed by atoms with Gasteiger partial charge in [0.1, 0.15) is 10.3 Å². The van der Waals surface area contributed by atoms with Crippen LogP contribution in [-0.2, 0) is 0 Å². The summed E-state index contributed by atoms with van der Waals surface area (Å²) >= 11 is 1.51. The highest BCUT2D eigenvalue weighted by atomic mass is 32.1. The molecule has 0 amide bonds. The summed E-state index contributed by atoms with van der Waals surface area (Å²) in [7, 11) is 1.45. The van der Waals surface area contributed by atoms with Gasteiger partial charge in [0, 0.05) is 11.5 Å². The summed E-state index contributed by atoms with van der Waals surface area (Å²) in [6, 6.07) is 5.09. The zero-order chi connectivity index (χ0) is 15.3. The minimum Gasteiger partial charge on any atom is -0.493 e. The van der Waals surface area contributed by atoms with Gasteiger partial charge in [0.05, 0.1) is 35.1 Å². The van der Waals surface area contributed by atoms with Crippen molar-refractivity contribution in [3.05, 3.63) is 35.2 Å². The number of ether oxygens (including phenoxy) is 1. The first kappa shape index (κ1) is 13.1. The molecule has 22 heavy (non-hydrogen) atoms. The number of methoxy groups -OCH3 is 1. The van der Waals surface area contributed by atoms with E-state index in [1.165, 1.54) is 24.5 Å². The van der Waals surface area contributed by atoms with E-state index in [1.54, 1.807) is 6.20 Å². The summed E-state index contributed by atoms with van der Waals surface area (Å²) in [6.45, 7) is 1.93. The van der Waals surface area contributed by atoms with Crippen molar-refractivity contribution in [1.29, 1.82) is 0 Å². The van der Waals surface area contributed by atoms with Crippen molar-refractivity contribution in [2.75, 3.05) is 7.11 Å². The molecule has 0 aliphatic heterocycles. The standard InChI is InChI=1S/C15H11FN4OS/c1-7-18-11-4-3-10(19-15(11)22-7)13-8-6-17-20-12(8)5-9(16)14(13)21-2/h3-6H,1-2H3,(H,17,20). The van der Waals surface area contributed by atoms with Crippen LogP contribution in [-0.4, -0.2) is 27.3 Å². The van der Waals surface area contributed by atoms with Crippen molar-refractivity contribution in [2.24, 2.45) is 0 Å². The molecule has 0 spiro atoms. The van der Waals surface area contributed by atoms with E-state index in [9.17, 15) is 4.39 Å². The summed E-state index contributed by atoms with van der Waals surface area (Å²) in [4.78, 5) is 9.82. The Labute approximate surface area is 128 Å². The van der Waals surface area contributed by atoms with Crippen molar-refractivity contribution < 1.29 is 9.13 Å². The summed E-state index contributed by atoms with van der Waals surface area (Å²) in [5, 5.41) is 8.48. The van der Waals surface area contributed by atoms with Crippen LogP contribution in [0.2, 0.25) is 0 Å². The van der Waals surface area contributed by atoms with Gasteiger partial charge in [-0.05, 0) is 19.1 Å². The zero-order valence-electron chi connectivity index (χ0n) is 11.8. The third-order valence-electron chi connectivity index (χ3n) is 3.48. The average Bonchev–Trinajstić information content (AvgIpc) is 3.09. The average molecular weight is 314 g/mol. The van der Waals surface area contributed by atoms with Crippen LogP contribution in [0.1, 0.15) is 5.01 Å². The minimum atomic E-state index is -0.448. The van der Waals surface area contributed by atoms with Crippen molar-refractivity contribution in [3.8, 4) is 17.0 Å². The molecular formula is C15H11FN4OS. The van der Waals surface area contributed by atoms with Crippen LogP contribution in [0.15, 0.2) is 24.4 Å². The number of hydrogen-bond acceptors (Lipinski definition) is 5. The number of rotatable bonds is 2. The molecule has 3 heterocycles. The normalized spacial score (nSPS) is 11.4. The first-order chi connectivity index (χ1) is 10.7. The van der Waals surface area contributed by atoms with Gasteiger partial charge in [-0.3, -0.25) is 5.10 Å². The second-order valence-electron chi connectivity index (χ2n) is 4.85. The maximum atomic E-state index is 14.3. The lowest BCUT2D eigenvalue weighted by Gasteiger charge is -2.10. The smallest absolute Gasteiger partial charge is 0.167 e. The number of aromatic amines is 1. The molecule has 0 unspecified atom stereocenters. The molecule has 3 aromatic heterocycles. The molecule has 110 valence electrons. The van der Waals surface area contributed by atoms with Crippen molar-refractivity contribution >= 4 is 32.6 Å². The number of aryl methyl sites for hydroxylation is 1. The van der Waals surface area contributed by atoms with Gasteiger partial charge in [-0.2, -0.15) is 5.10 Å². The third-order valence-corrected chi connectivity index (χ3v) is 4.36. The van der Waals surface area contributed by atoms with Gasteiger partial charge in [-0.1, -0.05) is 11.3 Å². The largest absolute Gasteiger partial charge is 0.493 e. The Morgan fingerprint density at radius 2 is 2.14 bits per heavy atom. The lowest BCUT2D eigenvalue weighted by Crippen LogP contribution is -1.94. The van der Waals surface area contributed by atoms with E-state index in [0.717, 1.165) is 20.7 Å². The van der Waals surface area contributed by atoms with E-state index in [4.69, 9.17) is 4.74 Å². The number of fused-ring (bicyclic) bond motifs is 2. The zero-order valence-corrected chi connectivity index (χ0v) is 12.7. The fraction of sp³-hybridized carbons (Fsp3) is 0.133. The molecule has 4 aromatic rings. The lowest BCUT2D eigenvalue weighted by molar-refractivity contribution is 0.389. The topological polar surface area (TPSA) is 63.7 Å². The maximum Gasteiger partial charge on any atom is 0.167 e. The quantitative estimate of drug-likeness (QED) is 0.613. The molecule has 5 nitrogen and oxygen atoms in total. The molecule has 7 heteroatoms. The number of nitrogens with zero attached hydrogens (tertiary/aromatic N) is 3. The highest BCUT2D eigenvalue weighted by Crippen LogP contribution is 2.38. The molecule has 0 bridgehead atoms. The van der Waals surface area contributed by atoms with Crippen LogP contribution in [0.5, 0.6) is 5.75 Å². The number of halogens is 1. The number of hydrogen-bond donors (Lipinski definition) is 1. The minimum absolute atomic E-state index is 0.169. The van der Waals surface area contributed by atoms with Crippen LogP contribution in [0, 0.1) is 12.7 Å². The summed E-state index contributed by atoms with van der Waals surface area (Å²) in [5.74, 6) is -0.279. The SMILES string of the molecule is COc1c(F)cc2[nH]ncc2c1-c1ccc2nc(C)sc2n1. The second-order valence-corrected chi connectivity index (χ2v) is 6.03.